The summed E-state index contributed by atoms with van der Waals surface area (Å²) in [6.45, 7) is 3.47. The lowest BCUT2D eigenvalue weighted by atomic mass is 10.2. The fourth-order valence-corrected chi connectivity index (χ4v) is 0.804. The molecule has 74 valence electrons. The molecule has 0 aromatic carbocycles. The van der Waals surface area contributed by atoms with Crippen LogP contribution in [0, 0.1) is 0 Å². The number of hydrogen-bond acceptors (Lipinski definition) is 4. The fraction of sp³-hybridized carbons (Fsp3) is 0.556. The minimum absolute atomic E-state index is 0.222. The number of esters is 1. The number of carbonyl (C=O) groups excluding carboxylic acids is 2. The third-order valence-corrected chi connectivity index (χ3v) is 1.27. The van der Waals surface area contributed by atoms with Crippen molar-refractivity contribution < 1.29 is 14.3 Å². The van der Waals surface area contributed by atoms with Crippen molar-refractivity contribution in [3.05, 3.63) is 11.8 Å². The van der Waals surface area contributed by atoms with Gasteiger partial charge in [0.05, 0.1) is 6.61 Å². The molecule has 0 rings (SSSR count). The zero-order valence-electron chi connectivity index (χ0n) is 8.46. The number of rotatable bonds is 4. The van der Waals surface area contributed by atoms with Gasteiger partial charge in [-0.3, -0.25) is 4.79 Å². The van der Waals surface area contributed by atoms with E-state index in [2.05, 4.69) is 4.74 Å². The molecule has 0 aromatic heterocycles. The number of hydrogen-bond donors (Lipinski definition) is 0. The van der Waals surface area contributed by atoms with Crippen molar-refractivity contribution >= 4 is 11.8 Å². The smallest absolute Gasteiger partial charge is 0.379 e. The second-order valence-electron chi connectivity index (χ2n) is 2.83. The molecule has 0 heterocycles. The first-order valence-electron chi connectivity index (χ1n) is 4.05. The highest BCUT2D eigenvalue weighted by Crippen LogP contribution is 1.98. The normalized spacial score (nSPS) is 10.9. The van der Waals surface area contributed by atoms with E-state index in [4.69, 9.17) is 0 Å². The third-order valence-electron chi connectivity index (χ3n) is 1.27. The lowest BCUT2D eigenvalue weighted by Crippen LogP contribution is -2.19. The maximum Gasteiger partial charge on any atom is 0.379 e. The summed E-state index contributed by atoms with van der Waals surface area (Å²) >= 11 is 0. The summed E-state index contributed by atoms with van der Waals surface area (Å²) in [6.07, 6.45) is 1.58. The topological polar surface area (TPSA) is 46.6 Å². The molecule has 0 saturated carbocycles. The Balaban J connectivity index is 4.34. The van der Waals surface area contributed by atoms with E-state index in [1.165, 1.54) is 0 Å². The Kier molecular flexibility index (Phi) is 4.80. The van der Waals surface area contributed by atoms with Crippen LogP contribution in [0.2, 0.25) is 0 Å². The molecule has 0 aromatic rings. The predicted molar refractivity (Wildman–Crippen MR) is 49.1 cm³/mol. The standard InChI is InChI=1S/C9H15NO3/c1-5-13-9(12)8(11)7(2)6-10(3)4/h6H,5H2,1-4H3/b7-6+. The van der Waals surface area contributed by atoms with Gasteiger partial charge in [-0.05, 0) is 13.8 Å². The first-order valence-corrected chi connectivity index (χ1v) is 4.05. The van der Waals surface area contributed by atoms with Crippen molar-refractivity contribution in [3.8, 4) is 0 Å². The van der Waals surface area contributed by atoms with Gasteiger partial charge in [0.25, 0.3) is 5.78 Å². The minimum Gasteiger partial charge on any atom is -0.460 e. The van der Waals surface area contributed by atoms with Gasteiger partial charge < -0.3 is 9.64 Å². The largest absolute Gasteiger partial charge is 0.460 e. The highest BCUT2D eigenvalue weighted by Gasteiger charge is 2.16. The predicted octanol–water partition coefficient (Wildman–Crippen LogP) is 0.584. The van der Waals surface area contributed by atoms with E-state index in [0.717, 1.165) is 0 Å². The van der Waals surface area contributed by atoms with Gasteiger partial charge in [-0.1, -0.05) is 0 Å². The van der Waals surface area contributed by atoms with Gasteiger partial charge in [-0.15, -0.1) is 0 Å². The van der Waals surface area contributed by atoms with Crippen LogP contribution < -0.4 is 0 Å². The number of Topliss-reactive ketones (excluding diaryl/α,β-unsaturated/α-hetero) is 1. The van der Waals surface area contributed by atoms with E-state index in [0.29, 0.717) is 5.57 Å². The number of ketones is 1. The molecule has 4 heteroatoms. The molecule has 0 bridgehead atoms. The number of ether oxygens (including phenoxy) is 1. The highest BCUT2D eigenvalue weighted by atomic mass is 16.5. The van der Waals surface area contributed by atoms with Crippen molar-refractivity contribution in [2.45, 2.75) is 13.8 Å². The van der Waals surface area contributed by atoms with Crippen molar-refractivity contribution in [2.24, 2.45) is 0 Å². The molecule has 0 N–H and O–H groups in total. The van der Waals surface area contributed by atoms with Crippen molar-refractivity contribution in [1.82, 2.24) is 4.90 Å². The van der Waals surface area contributed by atoms with E-state index in [1.54, 1.807) is 39.0 Å². The van der Waals surface area contributed by atoms with Crippen LogP contribution in [0.4, 0.5) is 0 Å². The van der Waals surface area contributed by atoms with E-state index in [-0.39, 0.29) is 6.61 Å². The Morgan fingerprint density at radius 3 is 2.31 bits per heavy atom. The molecule has 0 amide bonds. The molecule has 13 heavy (non-hydrogen) atoms. The molecule has 0 atom stereocenters. The lowest BCUT2D eigenvalue weighted by Gasteiger charge is -2.06. The van der Waals surface area contributed by atoms with Gasteiger partial charge >= 0.3 is 5.97 Å². The van der Waals surface area contributed by atoms with Crippen LogP contribution in [0.15, 0.2) is 11.8 Å². The molecule has 0 aliphatic carbocycles. The minimum atomic E-state index is -0.793. The summed E-state index contributed by atoms with van der Waals surface area (Å²) in [5.41, 5.74) is 0.378. The molecule has 4 nitrogen and oxygen atoms in total. The lowest BCUT2D eigenvalue weighted by molar-refractivity contribution is -0.151. The maximum absolute atomic E-state index is 11.2. The second kappa shape index (κ2) is 5.35. The molecule has 0 unspecified atom stereocenters. The molecule has 0 saturated heterocycles. The summed E-state index contributed by atoms with van der Waals surface area (Å²) < 4.78 is 4.56. The zero-order chi connectivity index (χ0) is 10.4. The molecular weight excluding hydrogens is 170 g/mol. The summed E-state index contributed by atoms with van der Waals surface area (Å²) in [4.78, 5) is 23.8. The molecule has 0 aliphatic rings. The van der Waals surface area contributed by atoms with Crippen LogP contribution in [-0.2, 0) is 14.3 Å². The van der Waals surface area contributed by atoms with Crippen LogP contribution in [0.3, 0.4) is 0 Å². The average molecular weight is 185 g/mol. The van der Waals surface area contributed by atoms with Gasteiger partial charge in [0, 0.05) is 25.9 Å². The Morgan fingerprint density at radius 2 is 1.92 bits per heavy atom. The van der Waals surface area contributed by atoms with Gasteiger partial charge in [-0.2, -0.15) is 0 Å². The SMILES string of the molecule is CCOC(=O)C(=O)/C(C)=C/N(C)C. The zero-order valence-corrected chi connectivity index (χ0v) is 8.46. The molecule has 0 radical (unpaired) electrons. The van der Waals surface area contributed by atoms with Crippen LogP contribution >= 0.6 is 0 Å². The molecule has 0 spiro atoms. The maximum atomic E-state index is 11.2. The van der Waals surface area contributed by atoms with E-state index in [9.17, 15) is 9.59 Å². The second-order valence-corrected chi connectivity index (χ2v) is 2.83. The van der Waals surface area contributed by atoms with Crippen molar-refractivity contribution in [1.29, 1.82) is 0 Å². The van der Waals surface area contributed by atoms with E-state index < -0.39 is 11.8 Å². The summed E-state index contributed by atoms with van der Waals surface area (Å²) in [7, 11) is 3.56. The highest BCUT2D eigenvalue weighted by molar-refractivity contribution is 6.40. The van der Waals surface area contributed by atoms with Crippen molar-refractivity contribution in [2.75, 3.05) is 20.7 Å². The monoisotopic (exact) mass is 185 g/mol. The van der Waals surface area contributed by atoms with E-state index in [1.807, 2.05) is 0 Å². The van der Waals surface area contributed by atoms with Gasteiger partial charge in [0.1, 0.15) is 0 Å². The van der Waals surface area contributed by atoms with Crippen LogP contribution in [-0.4, -0.2) is 37.4 Å². The van der Waals surface area contributed by atoms with Crippen LogP contribution in [0.5, 0.6) is 0 Å². The van der Waals surface area contributed by atoms with E-state index >= 15 is 0 Å². The number of carbonyl (C=O) groups is 2. The first kappa shape index (κ1) is 11.7. The van der Waals surface area contributed by atoms with Gasteiger partial charge in [0.15, 0.2) is 0 Å². The summed E-state index contributed by atoms with van der Waals surface area (Å²) in [6, 6.07) is 0. The van der Waals surface area contributed by atoms with Crippen molar-refractivity contribution in [3.63, 3.8) is 0 Å². The Hall–Kier alpha value is -1.32. The molecular formula is C9H15NO3. The Labute approximate surface area is 78.2 Å². The quantitative estimate of drug-likeness (QED) is 0.365. The Bertz CT molecular complexity index is 231. The van der Waals surface area contributed by atoms with Crippen LogP contribution in [0.25, 0.3) is 0 Å². The third kappa shape index (κ3) is 4.30. The average Bonchev–Trinajstić information content (AvgIpc) is 2.02. The summed E-state index contributed by atoms with van der Waals surface area (Å²) in [5.74, 6) is -1.38. The summed E-state index contributed by atoms with van der Waals surface area (Å²) in [5, 5.41) is 0. The number of nitrogens with zero attached hydrogens (tertiary/aromatic N) is 1. The Morgan fingerprint density at radius 1 is 1.38 bits per heavy atom. The fourth-order valence-electron chi connectivity index (χ4n) is 0.804. The first-order chi connectivity index (χ1) is 5.99. The van der Waals surface area contributed by atoms with Gasteiger partial charge in [0.2, 0.25) is 0 Å². The van der Waals surface area contributed by atoms with Crippen LogP contribution in [0.1, 0.15) is 13.8 Å². The molecule has 0 aliphatic heterocycles. The molecule has 0 fully saturated rings. The van der Waals surface area contributed by atoms with Gasteiger partial charge in [-0.25, -0.2) is 4.79 Å².